The van der Waals surface area contributed by atoms with E-state index in [2.05, 4.69) is 5.32 Å². The van der Waals surface area contributed by atoms with Gasteiger partial charge < -0.3 is 15.0 Å². The first-order valence-electron chi connectivity index (χ1n) is 13.5. The van der Waals surface area contributed by atoms with E-state index in [1.165, 1.54) is 44.3 Å². The molecule has 0 unspecified atom stereocenters. The van der Waals surface area contributed by atoms with Crippen molar-refractivity contribution in [1.29, 1.82) is 0 Å². The minimum absolute atomic E-state index is 0.0295. The number of carbonyl (C=O) groups is 2. The molecular formula is C31H39FN4O5S. The number of methoxy groups -OCH3 is 1. The highest BCUT2D eigenvalue weighted by Gasteiger charge is 2.36. The first-order valence-corrected chi connectivity index (χ1v) is 14.9. The lowest BCUT2D eigenvalue weighted by molar-refractivity contribution is -0.140. The second-order valence-electron chi connectivity index (χ2n) is 11.1. The fraction of sp³-hybridized carbons (Fsp3) is 0.355. The summed E-state index contributed by atoms with van der Waals surface area (Å²) in [6.07, 6.45) is 0.165. The number of anilines is 1. The number of halogens is 1. The van der Waals surface area contributed by atoms with Gasteiger partial charge in [0.15, 0.2) is 0 Å². The summed E-state index contributed by atoms with van der Waals surface area (Å²) in [6, 6.07) is 20.6. The number of nitrogens with zero attached hydrogens (tertiary/aromatic N) is 3. The Morgan fingerprint density at radius 3 is 2.14 bits per heavy atom. The van der Waals surface area contributed by atoms with Crippen molar-refractivity contribution in [3.8, 4) is 5.75 Å². The molecule has 0 saturated heterocycles. The Kier molecular flexibility index (Phi) is 10.7. The number of hydrogen-bond acceptors (Lipinski definition) is 5. The van der Waals surface area contributed by atoms with Gasteiger partial charge in [-0.05, 0) is 56.2 Å². The zero-order chi connectivity index (χ0) is 31.1. The van der Waals surface area contributed by atoms with Gasteiger partial charge in [0.1, 0.15) is 24.2 Å². The maximum atomic E-state index is 14.9. The normalized spacial score (nSPS) is 12.5. The lowest BCUT2D eigenvalue weighted by atomic mass is 10.0. The van der Waals surface area contributed by atoms with Gasteiger partial charge in [-0.25, -0.2) is 8.70 Å². The number of hydrogen-bond donors (Lipinski definition) is 1. The van der Waals surface area contributed by atoms with E-state index in [4.69, 9.17) is 4.74 Å². The van der Waals surface area contributed by atoms with Crippen molar-refractivity contribution in [2.24, 2.45) is 0 Å². The molecule has 1 atom stereocenters. The van der Waals surface area contributed by atoms with E-state index in [1.54, 1.807) is 24.3 Å². The summed E-state index contributed by atoms with van der Waals surface area (Å²) in [5.74, 6) is -1.34. The van der Waals surface area contributed by atoms with E-state index in [-0.39, 0.29) is 18.7 Å². The molecule has 0 fully saturated rings. The van der Waals surface area contributed by atoms with Gasteiger partial charge in [0.25, 0.3) is 0 Å². The standard InChI is InChI=1S/C31H39FN4O5S/c1-31(2,3)33-30(38)28(20-23-13-8-7-9-14-23)35(21-24-15-12-16-25(19-24)41-6)29(37)22-36(42(39,40)34(4)5)27-18-11-10-17-26(27)32/h7-19,28H,20-22H2,1-6H3,(H,33,38)/t28-/m1/s1. The molecule has 0 radical (unpaired) electrons. The Balaban J connectivity index is 2.14. The third-order valence-electron chi connectivity index (χ3n) is 6.40. The molecule has 9 nitrogen and oxygen atoms in total. The van der Waals surface area contributed by atoms with Crippen LogP contribution in [0.2, 0.25) is 0 Å². The Morgan fingerprint density at radius 1 is 0.929 bits per heavy atom. The SMILES string of the molecule is COc1cccc(CN(C(=O)CN(c2ccccc2F)S(=O)(=O)N(C)C)[C@H](Cc2ccccc2)C(=O)NC(C)(C)C)c1. The van der Waals surface area contributed by atoms with Crippen LogP contribution in [0.5, 0.6) is 5.75 Å². The summed E-state index contributed by atoms with van der Waals surface area (Å²) in [7, 11) is -0.174. The molecule has 0 aliphatic rings. The average molecular weight is 599 g/mol. The number of carbonyl (C=O) groups excluding carboxylic acids is 2. The predicted octanol–water partition coefficient (Wildman–Crippen LogP) is 4.00. The number of amides is 2. The molecule has 11 heteroatoms. The number of rotatable bonds is 12. The molecule has 2 amide bonds. The number of nitrogens with one attached hydrogen (secondary N) is 1. The quantitative estimate of drug-likeness (QED) is 0.340. The highest BCUT2D eigenvalue weighted by molar-refractivity contribution is 7.90. The van der Waals surface area contributed by atoms with E-state index < -0.39 is 46.0 Å². The third-order valence-corrected chi connectivity index (χ3v) is 8.20. The van der Waals surface area contributed by atoms with Gasteiger partial charge in [-0.15, -0.1) is 0 Å². The highest BCUT2D eigenvalue weighted by atomic mass is 32.2. The van der Waals surface area contributed by atoms with E-state index in [0.717, 1.165) is 20.2 Å². The van der Waals surface area contributed by atoms with Crippen molar-refractivity contribution < 1.29 is 27.1 Å². The summed E-state index contributed by atoms with van der Waals surface area (Å²) in [4.78, 5) is 29.4. The fourth-order valence-electron chi connectivity index (χ4n) is 4.33. The van der Waals surface area contributed by atoms with Crippen molar-refractivity contribution in [3.63, 3.8) is 0 Å². The van der Waals surface area contributed by atoms with Crippen LogP contribution >= 0.6 is 0 Å². The number of para-hydroxylation sites is 1. The minimum Gasteiger partial charge on any atom is -0.497 e. The van der Waals surface area contributed by atoms with Crippen molar-refractivity contribution in [2.75, 3.05) is 32.1 Å². The average Bonchev–Trinajstić information content (AvgIpc) is 2.93. The van der Waals surface area contributed by atoms with Gasteiger partial charge in [0, 0.05) is 32.6 Å². The van der Waals surface area contributed by atoms with Crippen LogP contribution < -0.4 is 14.4 Å². The lowest BCUT2D eigenvalue weighted by Crippen LogP contribution is -2.56. The van der Waals surface area contributed by atoms with Gasteiger partial charge in [-0.1, -0.05) is 54.6 Å². The molecule has 226 valence electrons. The van der Waals surface area contributed by atoms with Crippen LogP contribution in [0.1, 0.15) is 31.9 Å². The highest BCUT2D eigenvalue weighted by Crippen LogP contribution is 2.25. The van der Waals surface area contributed by atoms with Crippen molar-refractivity contribution in [3.05, 3.63) is 95.8 Å². The van der Waals surface area contributed by atoms with Crippen LogP contribution in [0.3, 0.4) is 0 Å². The van der Waals surface area contributed by atoms with Crippen molar-refractivity contribution in [2.45, 2.75) is 45.3 Å². The first-order chi connectivity index (χ1) is 19.7. The molecule has 3 aromatic rings. The summed E-state index contributed by atoms with van der Waals surface area (Å²) >= 11 is 0. The predicted molar refractivity (Wildman–Crippen MR) is 162 cm³/mol. The maximum absolute atomic E-state index is 14.9. The summed E-state index contributed by atoms with van der Waals surface area (Å²) < 4.78 is 48.7. The number of benzene rings is 3. The molecule has 1 N–H and O–H groups in total. The zero-order valence-corrected chi connectivity index (χ0v) is 25.7. The molecule has 0 heterocycles. The first kappa shape index (κ1) is 32.6. The molecule has 3 aromatic carbocycles. The maximum Gasteiger partial charge on any atom is 0.304 e. The fourth-order valence-corrected chi connectivity index (χ4v) is 5.39. The van der Waals surface area contributed by atoms with Crippen molar-refractivity contribution >= 4 is 27.7 Å². The summed E-state index contributed by atoms with van der Waals surface area (Å²) in [6.45, 7) is 4.74. The van der Waals surface area contributed by atoms with E-state index in [1.807, 2.05) is 51.1 Å². The molecule has 3 rings (SSSR count). The molecule has 0 spiro atoms. The molecule has 42 heavy (non-hydrogen) atoms. The molecule has 0 aliphatic carbocycles. The van der Waals surface area contributed by atoms with Gasteiger partial charge in [-0.3, -0.25) is 9.59 Å². The van der Waals surface area contributed by atoms with Crippen LogP contribution in [0.4, 0.5) is 10.1 Å². The molecule has 0 aromatic heterocycles. The largest absolute Gasteiger partial charge is 0.497 e. The van der Waals surface area contributed by atoms with E-state index in [0.29, 0.717) is 11.3 Å². The van der Waals surface area contributed by atoms with Crippen molar-refractivity contribution in [1.82, 2.24) is 14.5 Å². The minimum atomic E-state index is -4.30. The Hall–Kier alpha value is -3.96. The topological polar surface area (TPSA) is 99.3 Å². The second-order valence-corrected chi connectivity index (χ2v) is 13.1. The third kappa shape index (κ3) is 8.53. The molecule has 0 saturated carbocycles. The lowest BCUT2D eigenvalue weighted by Gasteiger charge is -2.35. The monoisotopic (exact) mass is 598 g/mol. The van der Waals surface area contributed by atoms with E-state index >= 15 is 0 Å². The van der Waals surface area contributed by atoms with Crippen LogP contribution in [0.15, 0.2) is 78.9 Å². The van der Waals surface area contributed by atoms with Crippen LogP contribution in [-0.4, -0.2) is 68.8 Å². The van der Waals surface area contributed by atoms with Crippen LogP contribution in [0.25, 0.3) is 0 Å². The summed E-state index contributed by atoms with van der Waals surface area (Å²) in [5.41, 5.74) is 0.586. The van der Waals surface area contributed by atoms with Crippen LogP contribution in [0, 0.1) is 5.82 Å². The summed E-state index contributed by atoms with van der Waals surface area (Å²) in [5, 5.41) is 2.97. The van der Waals surface area contributed by atoms with Gasteiger partial charge >= 0.3 is 10.2 Å². The Labute approximate surface area is 248 Å². The Bertz CT molecular complexity index is 1480. The van der Waals surface area contributed by atoms with Gasteiger partial charge in [0.2, 0.25) is 11.8 Å². The zero-order valence-electron chi connectivity index (χ0n) is 24.9. The van der Waals surface area contributed by atoms with E-state index in [9.17, 15) is 22.4 Å². The molecular weight excluding hydrogens is 559 g/mol. The molecule has 0 bridgehead atoms. The smallest absolute Gasteiger partial charge is 0.304 e. The van der Waals surface area contributed by atoms with Gasteiger partial charge in [-0.2, -0.15) is 12.7 Å². The van der Waals surface area contributed by atoms with Gasteiger partial charge in [0.05, 0.1) is 12.8 Å². The Morgan fingerprint density at radius 2 is 1.55 bits per heavy atom. The van der Waals surface area contributed by atoms with Crippen LogP contribution in [-0.2, 0) is 32.8 Å². The molecule has 0 aliphatic heterocycles. The second kappa shape index (κ2) is 13.8. The number of ether oxygens (including phenoxy) is 1.